The van der Waals surface area contributed by atoms with Crippen LogP contribution in [0.5, 0.6) is 17.2 Å². The molecule has 0 radical (unpaired) electrons. The molecule has 0 atom stereocenters. The zero-order valence-corrected chi connectivity index (χ0v) is 15.0. The Balaban J connectivity index is 2.04. The van der Waals surface area contributed by atoms with Crippen LogP contribution in [-0.4, -0.2) is 32.6 Å². The summed E-state index contributed by atoms with van der Waals surface area (Å²) in [7, 11) is 2.99. The second-order valence-corrected chi connectivity index (χ2v) is 5.32. The largest absolute Gasteiger partial charge is 0.493 e. The summed E-state index contributed by atoms with van der Waals surface area (Å²) in [5.41, 5.74) is 5.43. The summed E-state index contributed by atoms with van der Waals surface area (Å²) >= 11 is 0. The molecule has 26 heavy (non-hydrogen) atoms. The molecule has 0 aromatic heterocycles. The molecular formula is C19H22N2O5. The number of ether oxygens (including phenoxy) is 3. The van der Waals surface area contributed by atoms with Crippen LogP contribution in [0.1, 0.15) is 34.1 Å². The molecule has 0 saturated heterocycles. The van der Waals surface area contributed by atoms with Gasteiger partial charge in [-0.05, 0) is 36.8 Å². The summed E-state index contributed by atoms with van der Waals surface area (Å²) in [5.74, 6) is 0.448. The van der Waals surface area contributed by atoms with Gasteiger partial charge < -0.3 is 14.2 Å². The monoisotopic (exact) mass is 358 g/mol. The number of hydrogen-bond donors (Lipinski definition) is 2. The lowest BCUT2D eigenvalue weighted by Crippen LogP contribution is -2.41. The highest BCUT2D eigenvalue weighted by Gasteiger charge is 2.15. The van der Waals surface area contributed by atoms with Gasteiger partial charge in [0.25, 0.3) is 11.8 Å². The molecule has 0 aliphatic carbocycles. The van der Waals surface area contributed by atoms with Gasteiger partial charge in [0.05, 0.1) is 26.4 Å². The minimum absolute atomic E-state index is 0.318. The molecule has 2 rings (SSSR count). The lowest BCUT2D eigenvalue weighted by Gasteiger charge is -2.12. The number of hydrazine groups is 1. The summed E-state index contributed by atoms with van der Waals surface area (Å²) in [6, 6.07) is 11.6. The molecule has 0 unspecified atom stereocenters. The van der Waals surface area contributed by atoms with Crippen LogP contribution in [0.4, 0.5) is 0 Å². The molecule has 2 aromatic carbocycles. The van der Waals surface area contributed by atoms with E-state index < -0.39 is 11.8 Å². The highest BCUT2D eigenvalue weighted by Crippen LogP contribution is 2.27. The van der Waals surface area contributed by atoms with Crippen LogP contribution in [0.25, 0.3) is 0 Å². The maximum atomic E-state index is 12.3. The minimum Gasteiger partial charge on any atom is -0.493 e. The Morgan fingerprint density at radius 3 is 2.27 bits per heavy atom. The number of para-hydroxylation sites is 1. The van der Waals surface area contributed by atoms with Crippen LogP contribution >= 0.6 is 0 Å². The van der Waals surface area contributed by atoms with Gasteiger partial charge in [-0.25, -0.2) is 0 Å². The van der Waals surface area contributed by atoms with Gasteiger partial charge in [-0.2, -0.15) is 0 Å². The molecule has 2 N–H and O–H groups in total. The number of nitrogens with one attached hydrogen (secondary N) is 2. The summed E-state index contributed by atoms with van der Waals surface area (Å²) < 4.78 is 15.8. The van der Waals surface area contributed by atoms with Gasteiger partial charge >= 0.3 is 0 Å². The molecule has 0 spiro atoms. The molecule has 0 heterocycles. The van der Waals surface area contributed by atoms with Crippen molar-refractivity contribution in [1.29, 1.82) is 0 Å². The SMILES string of the molecule is CCCOc1ccccc1C(=O)NNC(=O)c1ccc(OC)c(OC)c1. The van der Waals surface area contributed by atoms with Crippen LogP contribution in [0.2, 0.25) is 0 Å². The van der Waals surface area contributed by atoms with Crippen molar-refractivity contribution in [1.82, 2.24) is 10.9 Å². The Bertz CT molecular complexity index is 776. The smallest absolute Gasteiger partial charge is 0.273 e. The number of methoxy groups -OCH3 is 2. The highest BCUT2D eigenvalue weighted by atomic mass is 16.5. The fraction of sp³-hybridized carbons (Fsp3) is 0.263. The van der Waals surface area contributed by atoms with Crippen LogP contribution in [0.3, 0.4) is 0 Å². The van der Waals surface area contributed by atoms with Gasteiger partial charge in [-0.1, -0.05) is 19.1 Å². The first-order valence-corrected chi connectivity index (χ1v) is 8.15. The molecule has 7 nitrogen and oxygen atoms in total. The third kappa shape index (κ3) is 4.66. The zero-order valence-electron chi connectivity index (χ0n) is 15.0. The molecule has 0 saturated carbocycles. The van der Waals surface area contributed by atoms with Crippen molar-refractivity contribution in [2.24, 2.45) is 0 Å². The summed E-state index contributed by atoms with van der Waals surface area (Å²) in [4.78, 5) is 24.6. The first-order valence-electron chi connectivity index (χ1n) is 8.15. The average Bonchev–Trinajstić information content (AvgIpc) is 2.69. The standard InChI is InChI=1S/C19H22N2O5/c1-4-11-26-15-8-6-5-7-14(15)19(23)21-20-18(22)13-9-10-16(24-2)17(12-13)25-3/h5-10,12H,4,11H2,1-3H3,(H,20,22)(H,21,23). The zero-order chi connectivity index (χ0) is 18.9. The maximum Gasteiger partial charge on any atom is 0.273 e. The van der Waals surface area contributed by atoms with Crippen LogP contribution in [0, 0.1) is 0 Å². The molecule has 2 aromatic rings. The molecule has 0 aliphatic heterocycles. The molecule has 2 amide bonds. The number of benzene rings is 2. The molecule has 0 aliphatic rings. The number of carbonyl (C=O) groups excluding carboxylic acids is 2. The van der Waals surface area contributed by atoms with E-state index in [4.69, 9.17) is 14.2 Å². The second-order valence-electron chi connectivity index (χ2n) is 5.32. The molecule has 138 valence electrons. The third-order valence-electron chi connectivity index (χ3n) is 3.53. The predicted molar refractivity (Wildman–Crippen MR) is 96.7 cm³/mol. The summed E-state index contributed by atoms with van der Waals surface area (Å²) in [6.45, 7) is 2.48. The number of amides is 2. The fourth-order valence-electron chi connectivity index (χ4n) is 2.22. The van der Waals surface area contributed by atoms with E-state index >= 15 is 0 Å². The molecule has 0 fully saturated rings. The number of rotatable bonds is 7. The average molecular weight is 358 g/mol. The molecule has 0 bridgehead atoms. The first kappa shape index (κ1) is 19.1. The van der Waals surface area contributed by atoms with E-state index in [2.05, 4.69) is 10.9 Å². The molecule has 7 heteroatoms. The lowest BCUT2D eigenvalue weighted by molar-refractivity contribution is 0.0844. The van der Waals surface area contributed by atoms with Crippen molar-refractivity contribution < 1.29 is 23.8 Å². The maximum absolute atomic E-state index is 12.3. The van der Waals surface area contributed by atoms with Crippen molar-refractivity contribution in [2.45, 2.75) is 13.3 Å². The van der Waals surface area contributed by atoms with E-state index in [1.807, 2.05) is 6.92 Å². The van der Waals surface area contributed by atoms with E-state index in [9.17, 15) is 9.59 Å². The Hall–Kier alpha value is -3.22. The summed E-state index contributed by atoms with van der Waals surface area (Å²) in [6.07, 6.45) is 0.825. The van der Waals surface area contributed by atoms with E-state index in [-0.39, 0.29) is 0 Å². The Morgan fingerprint density at radius 1 is 0.885 bits per heavy atom. The van der Waals surface area contributed by atoms with Crippen molar-refractivity contribution in [3.8, 4) is 17.2 Å². The second kappa shape index (κ2) is 9.31. The van der Waals surface area contributed by atoms with Gasteiger partial charge in [0, 0.05) is 5.56 Å². The normalized spacial score (nSPS) is 9.96. The quantitative estimate of drug-likeness (QED) is 0.743. The van der Waals surface area contributed by atoms with E-state index in [0.29, 0.717) is 35.0 Å². The Kier molecular flexibility index (Phi) is 6.84. The topological polar surface area (TPSA) is 85.9 Å². The minimum atomic E-state index is -0.480. The van der Waals surface area contributed by atoms with Crippen molar-refractivity contribution >= 4 is 11.8 Å². The molecular weight excluding hydrogens is 336 g/mol. The van der Waals surface area contributed by atoms with Gasteiger partial charge in [0.1, 0.15) is 5.75 Å². The predicted octanol–water partition coefficient (Wildman–Crippen LogP) is 2.57. The fourth-order valence-corrected chi connectivity index (χ4v) is 2.22. The van der Waals surface area contributed by atoms with Gasteiger partial charge in [0.15, 0.2) is 11.5 Å². The van der Waals surface area contributed by atoms with Gasteiger partial charge in [-0.3, -0.25) is 20.4 Å². The van der Waals surface area contributed by atoms with Crippen molar-refractivity contribution in [2.75, 3.05) is 20.8 Å². The number of hydrogen-bond acceptors (Lipinski definition) is 5. The lowest BCUT2D eigenvalue weighted by atomic mass is 10.2. The van der Waals surface area contributed by atoms with Crippen molar-refractivity contribution in [3.63, 3.8) is 0 Å². The van der Waals surface area contributed by atoms with Crippen molar-refractivity contribution in [3.05, 3.63) is 53.6 Å². The van der Waals surface area contributed by atoms with E-state index in [0.717, 1.165) is 6.42 Å². The van der Waals surface area contributed by atoms with E-state index in [1.54, 1.807) is 36.4 Å². The first-order chi connectivity index (χ1) is 12.6. The highest BCUT2D eigenvalue weighted by molar-refractivity contribution is 6.00. The van der Waals surface area contributed by atoms with Crippen LogP contribution < -0.4 is 25.1 Å². The van der Waals surface area contributed by atoms with Gasteiger partial charge in [0.2, 0.25) is 0 Å². The van der Waals surface area contributed by atoms with Crippen LogP contribution in [-0.2, 0) is 0 Å². The Labute approximate surface area is 152 Å². The van der Waals surface area contributed by atoms with Crippen LogP contribution in [0.15, 0.2) is 42.5 Å². The van der Waals surface area contributed by atoms with Gasteiger partial charge in [-0.15, -0.1) is 0 Å². The number of carbonyl (C=O) groups is 2. The third-order valence-corrected chi connectivity index (χ3v) is 3.53. The van der Waals surface area contributed by atoms with E-state index in [1.165, 1.54) is 20.3 Å². The Morgan fingerprint density at radius 2 is 1.58 bits per heavy atom. The summed E-state index contributed by atoms with van der Waals surface area (Å²) in [5, 5.41) is 0.